The number of primary amides is 1. The number of nitrogens with two attached hydrogens (primary N) is 1. The van der Waals surface area contributed by atoms with Crippen LogP contribution in [0.1, 0.15) is 47.6 Å². The van der Waals surface area contributed by atoms with Gasteiger partial charge in [0.1, 0.15) is 11.3 Å². The average Bonchev–Trinajstić information content (AvgIpc) is 3.14. The summed E-state index contributed by atoms with van der Waals surface area (Å²) < 4.78 is 15.8. The minimum atomic E-state index is -0.674. The second kappa shape index (κ2) is 6.14. The van der Waals surface area contributed by atoms with Gasteiger partial charge in [0.25, 0.3) is 5.91 Å². The second-order valence-electron chi connectivity index (χ2n) is 8.18. The third-order valence-corrected chi connectivity index (χ3v) is 6.39. The summed E-state index contributed by atoms with van der Waals surface area (Å²) >= 11 is 1.72. The minimum absolute atomic E-state index is 0.103. The Kier molecular flexibility index (Phi) is 4.12. The van der Waals surface area contributed by atoms with Crippen LogP contribution in [-0.2, 0) is 13.5 Å². The van der Waals surface area contributed by atoms with Crippen molar-refractivity contribution in [3.63, 3.8) is 0 Å². The Morgan fingerprint density at radius 3 is 2.78 bits per heavy atom. The van der Waals surface area contributed by atoms with Gasteiger partial charge in [0, 0.05) is 18.0 Å². The number of carbonyl (C=O) groups excluding carboxylic acids is 1. The number of rotatable bonds is 2. The molecular weight excluding hydrogens is 363 g/mol. The van der Waals surface area contributed by atoms with E-state index in [4.69, 9.17) is 5.73 Å². The first-order valence-corrected chi connectivity index (χ1v) is 9.80. The van der Waals surface area contributed by atoms with E-state index < -0.39 is 11.7 Å². The van der Waals surface area contributed by atoms with Crippen LogP contribution < -0.4 is 11.1 Å². The van der Waals surface area contributed by atoms with Crippen molar-refractivity contribution in [1.29, 1.82) is 0 Å². The highest BCUT2D eigenvalue weighted by molar-refractivity contribution is 7.15. The van der Waals surface area contributed by atoms with Gasteiger partial charge in [-0.15, -0.1) is 11.3 Å². The van der Waals surface area contributed by atoms with E-state index in [9.17, 15) is 9.18 Å². The van der Waals surface area contributed by atoms with E-state index in [1.807, 2.05) is 11.6 Å². The van der Waals surface area contributed by atoms with E-state index in [1.165, 1.54) is 16.5 Å². The van der Waals surface area contributed by atoms with Gasteiger partial charge in [-0.2, -0.15) is 0 Å². The molecule has 1 aromatic carbocycles. The predicted octanol–water partition coefficient (Wildman–Crippen LogP) is 3.77. The quantitative estimate of drug-likeness (QED) is 0.704. The van der Waals surface area contributed by atoms with E-state index in [2.05, 4.69) is 37.1 Å². The van der Waals surface area contributed by atoms with Gasteiger partial charge in [0.05, 0.1) is 16.0 Å². The highest BCUT2D eigenvalue weighted by Gasteiger charge is 2.32. The second-order valence-corrected chi connectivity index (χ2v) is 9.27. The monoisotopic (exact) mass is 386 g/mol. The first-order chi connectivity index (χ1) is 12.7. The Hall–Kier alpha value is -2.25. The predicted molar refractivity (Wildman–Crippen MR) is 106 cm³/mol. The van der Waals surface area contributed by atoms with Gasteiger partial charge in [0.15, 0.2) is 5.82 Å². The normalized spacial score (nSPS) is 17.3. The molecule has 0 bridgehead atoms. The van der Waals surface area contributed by atoms with Gasteiger partial charge in [0.2, 0.25) is 0 Å². The lowest BCUT2D eigenvalue weighted by Crippen LogP contribution is -2.36. The van der Waals surface area contributed by atoms with Crippen molar-refractivity contribution in [1.82, 2.24) is 14.9 Å². The zero-order chi connectivity index (χ0) is 19.5. The van der Waals surface area contributed by atoms with Crippen LogP contribution in [-0.4, -0.2) is 22.0 Å². The Labute approximate surface area is 161 Å². The van der Waals surface area contributed by atoms with E-state index in [0.717, 1.165) is 29.7 Å². The average molecular weight is 386 g/mol. The van der Waals surface area contributed by atoms with Crippen molar-refractivity contribution < 1.29 is 9.18 Å². The highest BCUT2D eigenvalue weighted by atomic mass is 32.1. The summed E-state index contributed by atoms with van der Waals surface area (Å²) in [6.45, 7) is 7.65. The maximum atomic E-state index is 14.0. The molecular formula is C20H23FN4OS. The molecule has 5 nitrogen and oxygen atoms in total. The Balaban J connectivity index is 1.89. The number of benzene rings is 1. The van der Waals surface area contributed by atoms with Gasteiger partial charge < -0.3 is 15.6 Å². The van der Waals surface area contributed by atoms with Crippen molar-refractivity contribution >= 4 is 28.3 Å². The molecule has 0 fully saturated rings. The fourth-order valence-electron chi connectivity index (χ4n) is 3.80. The van der Waals surface area contributed by atoms with Crippen molar-refractivity contribution in [2.24, 2.45) is 18.2 Å². The highest BCUT2D eigenvalue weighted by Crippen LogP contribution is 2.44. The summed E-state index contributed by atoms with van der Waals surface area (Å²) in [7, 11) is 1.84. The van der Waals surface area contributed by atoms with Gasteiger partial charge in [-0.25, -0.2) is 9.37 Å². The van der Waals surface area contributed by atoms with E-state index in [0.29, 0.717) is 11.0 Å². The van der Waals surface area contributed by atoms with Crippen LogP contribution >= 0.6 is 11.3 Å². The Morgan fingerprint density at radius 1 is 1.37 bits per heavy atom. The minimum Gasteiger partial charge on any atom is -0.366 e. The first-order valence-electron chi connectivity index (χ1n) is 8.99. The number of nitrogens with one attached hydrogen (secondary N) is 1. The van der Waals surface area contributed by atoms with Crippen LogP contribution in [0.2, 0.25) is 0 Å². The number of fused-ring (bicyclic) bond motifs is 2. The SMILES string of the molecule is Cn1c(-c2cc3c(s2)C(C(C)(C)C)NCC3)nc2c(C(N)=O)cc(F)cc21. The smallest absolute Gasteiger partial charge is 0.251 e. The summed E-state index contributed by atoms with van der Waals surface area (Å²) in [5, 5.41) is 3.63. The molecule has 7 heteroatoms. The molecule has 3 aromatic rings. The lowest BCUT2D eigenvalue weighted by Gasteiger charge is -2.34. The standard InChI is InChI=1S/C20H23FN4OS/c1-20(2,3)17-16-10(5-6-23-17)7-14(27-16)19-24-15-12(18(22)26)8-11(21)9-13(15)25(19)4/h7-9,17,23H,5-6H2,1-4H3,(H2,22,26). The number of thiophene rings is 1. The summed E-state index contributed by atoms with van der Waals surface area (Å²) in [4.78, 5) is 18.7. The Morgan fingerprint density at radius 2 is 2.11 bits per heavy atom. The summed E-state index contributed by atoms with van der Waals surface area (Å²) in [5.41, 5.74) is 7.99. The van der Waals surface area contributed by atoms with Crippen LogP contribution in [0, 0.1) is 11.2 Å². The number of imidazole rings is 1. The number of amides is 1. The van der Waals surface area contributed by atoms with Crippen LogP contribution in [0.15, 0.2) is 18.2 Å². The molecule has 1 aliphatic heterocycles. The number of hydrogen-bond donors (Lipinski definition) is 2. The van der Waals surface area contributed by atoms with Crippen LogP contribution in [0.5, 0.6) is 0 Å². The first kappa shape index (κ1) is 18.1. The van der Waals surface area contributed by atoms with Crippen LogP contribution in [0.4, 0.5) is 4.39 Å². The van der Waals surface area contributed by atoms with Crippen LogP contribution in [0.25, 0.3) is 21.7 Å². The number of nitrogens with zero attached hydrogens (tertiary/aromatic N) is 2. The molecule has 0 aliphatic carbocycles. The molecule has 1 aliphatic rings. The molecule has 0 radical (unpaired) electrons. The molecule has 0 spiro atoms. The molecule has 3 heterocycles. The van der Waals surface area contributed by atoms with Gasteiger partial charge in [-0.3, -0.25) is 4.79 Å². The van der Waals surface area contributed by atoms with E-state index >= 15 is 0 Å². The van der Waals surface area contributed by atoms with E-state index in [-0.39, 0.29) is 17.0 Å². The third-order valence-electron chi connectivity index (χ3n) is 5.15. The van der Waals surface area contributed by atoms with Crippen molar-refractivity contribution in [2.45, 2.75) is 33.2 Å². The fraction of sp³-hybridized carbons (Fsp3) is 0.400. The maximum Gasteiger partial charge on any atom is 0.251 e. The molecule has 2 aromatic heterocycles. The molecule has 1 unspecified atom stereocenters. The van der Waals surface area contributed by atoms with Crippen molar-refractivity contribution in [3.05, 3.63) is 40.0 Å². The molecule has 0 saturated heterocycles. The zero-order valence-electron chi connectivity index (χ0n) is 15.9. The fourth-order valence-corrected chi connectivity index (χ4v) is 5.36. The number of aromatic nitrogens is 2. The summed E-state index contributed by atoms with van der Waals surface area (Å²) in [5.74, 6) is -0.440. The molecule has 142 valence electrons. The largest absolute Gasteiger partial charge is 0.366 e. The van der Waals surface area contributed by atoms with Crippen molar-refractivity contribution in [2.75, 3.05) is 6.54 Å². The van der Waals surface area contributed by atoms with E-state index in [1.54, 1.807) is 11.3 Å². The van der Waals surface area contributed by atoms with Gasteiger partial charge in [-0.1, -0.05) is 20.8 Å². The van der Waals surface area contributed by atoms with Gasteiger partial charge in [-0.05, 0) is 42.1 Å². The molecule has 0 saturated carbocycles. The summed E-state index contributed by atoms with van der Waals surface area (Å²) in [6.07, 6.45) is 0.976. The molecule has 27 heavy (non-hydrogen) atoms. The van der Waals surface area contributed by atoms with Gasteiger partial charge >= 0.3 is 0 Å². The number of halogens is 1. The topological polar surface area (TPSA) is 72.9 Å². The maximum absolute atomic E-state index is 14.0. The Bertz CT molecular complexity index is 1060. The molecule has 4 rings (SSSR count). The van der Waals surface area contributed by atoms with Crippen LogP contribution in [0.3, 0.4) is 0 Å². The van der Waals surface area contributed by atoms with Crippen molar-refractivity contribution in [3.8, 4) is 10.7 Å². The molecule has 3 N–H and O–H groups in total. The molecule has 1 atom stereocenters. The molecule has 1 amide bonds. The number of hydrogen-bond acceptors (Lipinski definition) is 4. The lowest BCUT2D eigenvalue weighted by atomic mass is 9.82. The zero-order valence-corrected chi connectivity index (χ0v) is 16.7. The third kappa shape index (κ3) is 2.95. The summed E-state index contributed by atoms with van der Waals surface area (Å²) in [6, 6.07) is 5.01. The number of aryl methyl sites for hydroxylation is 1. The number of carbonyl (C=O) groups is 1. The lowest BCUT2D eigenvalue weighted by molar-refractivity contribution is 0.100.